The molecular formula is C20H27NS. The highest BCUT2D eigenvalue weighted by molar-refractivity contribution is 7.16. The smallest absolute Gasteiger partial charge is 0.124 e. The number of nitrogens with zero attached hydrogens (tertiary/aromatic N) is 1. The Morgan fingerprint density at radius 2 is 1.45 bits per heavy atom. The maximum Gasteiger partial charge on any atom is 0.124 e. The van der Waals surface area contributed by atoms with Crippen LogP contribution >= 0.6 is 11.3 Å². The Hall–Kier alpha value is -1.67. The molecule has 0 bridgehead atoms. The summed E-state index contributed by atoms with van der Waals surface area (Å²) >= 11 is 1.79. The van der Waals surface area contributed by atoms with Crippen LogP contribution in [0.5, 0.6) is 0 Å². The van der Waals surface area contributed by atoms with Crippen LogP contribution in [0.3, 0.4) is 0 Å². The summed E-state index contributed by atoms with van der Waals surface area (Å²) in [5.41, 5.74) is 5.00. The number of fused-ring (bicyclic) bond motifs is 1. The van der Waals surface area contributed by atoms with Crippen LogP contribution in [0.4, 0.5) is 0 Å². The summed E-state index contributed by atoms with van der Waals surface area (Å²) in [6, 6.07) is 10.4. The molecule has 0 saturated carbocycles. The molecule has 0 radical (unpaired) electrons. The van der Waals surface area contributed by atoms with E-state index in [-0.39, 0.29) is 0 Å². The lowest BCUT2D eigenvalue weighted by Gasteiger charge is -1.97. The molecule has 1 aliphatic rings. The molecule has 0 amide bonds. The second-order valence-electron chi connectivity index (χ2n) is 4.57. The average molecular weight is 314 g/mol. The molecule has 1 aliphatic carbocycles. The van der Waals surface area contributed by atoms with E-state index in [9.17, 15) is 0 Å². The minimum atomic E-state index is 1.02. The maximum atomic E-state index is 4.82. The SMILES string of the molecule is CC.CC.CC1=CCC=C(C)c2sc(-c3ccccc3)nc21. The molecule has 0 spiro atoms. The first-order chi connectivity index (χ1) is 10.8. The quantitative estimate of drug-likeness (QED) is 0.548. The van der Waals surface area contributed by atoms with Crippen LogP contribution in [0.1, 0.15) is 58.5 Å². The second kappa shape index (κ2) is 9.37. The van der Waals surface area contributed by atoms with Gasteiger partial charge in [0.15, 0.2) is 0 Å². The van der Waals surface area contributed by atoms with Gasteiger partial charge in [0.1, 0.15) is 5.01 Å². The van der Waals surface area contributed by atoms with Crippen LogP contribution in [0, 0.1) is 0 Å². The minimum absolute atomic E-state index is 1.02. The van der Waals surface area contributed by atoms with Crippen molar-refractivity contribution in [1.82, 2.24) is 4.98 Å². The molecule has 0 saturated heterocycles. The van der Waals surface area contributed by atoms with Crippen molar-refractivity contribution >= 4 is 22.5 Å². The zero-order valence-corrected chi connectivity index (χ0v) is 15.4. The molecule has 1 aromatic heterocycles. The summed E-state index contributed by atoms with van der Waals surface area (Å²) in [6.45, 7) is 12.3. The van der Waals surface area contributed by atoms with E-state index < -0.39 is 0 Å². The van der Waals surface area contributed by atoms with Gasteiger partial charge in [-0.15, -0.1) is 11.3 Å². The summed E-state index contributed by atoms with van der Waals surface area (Å²) in [7, 11) is 0. The third-order valence-corrected chi connectivity index (χ3v) is 4.47. The van der Waals surface area contributed by atoms with E-state index >= 15 is 0 Å². The monoisotopic (exact) mass is 313 g/mol. The lowest BCUT2D eigenvalue weighted by Crippen LogP contribution is -1.84. The van der Waals surface area contributed by atoms with E-state index in [0.717, 1.165) is 17.1 Å². The van der Waals surface area contributed by atoms with Crippen LogP contribution in [-0.2, 0) is 0 Å². The van der Waals surface area contributed by atoms with Gasteiger partial charge in [-0.1, -0.05) is 70.2 Å². The first-order valence-corrected chi connectivity index (χ1v) is 8.98. The summed E-state index contributed by atoms with van der Waals surface area (Å²) in [6.07, 6.45) is 5.55. The number of benzene rings is 1. The van der Waals surface area contributed by atoms with Crippen LogP contribution in [0.15, 0.2) is 42.5 Å². The molecule has 118 valence electrons. The predicted octanol–water partition coefficient (Wildman–Crippen LogP) is 7.07. The van der Waals surface area contributed by atoms with Crippen LogP contribution < -0.4 is 0 Å². The Balaban J connectivity index is 0.000000561. The zero-order valence-electron chi connectivity index (χ0n) is 14.6. The van der Waals surface area contributed by atoms with Crippen molar-refractivity contribution in [2.45, 2.75) is 48.0 Å². The zero-order chi connectivity index (χ0) is 16.5. The Morgan fingerprint density at radius 3 is 2.09 bits per heavy atom. The van der Waals surface area contributed by atoms with Crippen LogP contribution in [0.2, 0.25) is 0 Å². The number of allylic oxidation sites excluding steroid dienone is 4. The van der Waals surface area contributed by atoms with Gasteiger partial charge in [-0.25, -0.2) is 4.98 Å². The average Bonchev–Trinajstić information content (AvgIpc) is 3.00. The number of hydrogen-bond donors (Lipinski definition) is 0. The van der Waals surface area contributed by atoms with Gasteiger partial charge >= 0.3 is 0 Å². The first-order valence-electron chi connectivity index (χ1n) is 8.16. The van der Waals surface area contributed by atoms with E-state index in [1.54, 1.807) is 11.3 Å². The normalized spacial score (nSPS) is 12.5. The largest absolute Gasteiger partial charge is 0.236 e. The molecule has 0 aliphatic heterocycles. The van der Waals surface area contributed by atoms with Crippen molar-refractivity contribution in [2.24, 2.45) is 0 Å². The molecule has 1 nitrogen and oxygen atoms in total. The van der Waals surface area contributed by atoms with Crippen molar-refractivity contribution in [1.29, 1.82) is 0 Å². The Morgan fingerprint density at radius 1 is 0.864 bits per heavy atom. The van der Waals surface area contributed by atoms with Gasteiger partial charge in [0.05, 0.1) is 10.6 Å². The van der Waals surface area contributed by atoms with Crippen molar-refractivity contribution in [3.8, 4) is 10.6 Å². The third kappa shape index (κ3) is 4.17. The highest BCUT2D eigenvalue weighted by Gasteiger charge is 2.16. The molecule has 1 aromatic carbocycles. The summed E-state index contributed by atoms with van der Waals surface area (Å²) in [5, 5.41) is 1.11. The van der Waals surface area contributed by atoms with Crippen LogP contribution in [0.25, 0.3) is 21.7 Å². The highest BCUT2D eigenvalue weighted by atomic mass is 32.1. The molecule has 22 heavy (non-hydrogen) atoms. The Bertz CT molecular complexity index is 597. The minimum Gasteiger partial charge on any atom is -0.236 e. The first kappa shape index (κ1) is 18.4. The molecule has 2 aromatic rings. The highest BCUT2D eigenvalue weighted by Crippen LogP contribution is 2.37. The predicted molar refractivity (Wildman–Crippen MR) is 102 cm³/mol. The summed E-state index contributed by atoms with van der Waals surface area (Å²) in [5.74, 6) is 0. The maximum absolute atomic E-state index is 4.82. The second-order valence-corrected chi connectivity index (χ2v) is 5.57. The van der Waals surface area contributed by atoms with Crippen molar-refractivity contribution < 1.29 is 0 Å². The molecule has 2 heteroatoms. The number of aromatic nitrogens is 1. The number of thiazole rings is 1. The molecule has 3 rings (SSSR count). The molecule has 0 N–H and O–H groups in total. The topological polar surface area (TPSA) is 12.9 Å². The Labute approximate surface area is 139 Å². The lowest BCUT2D eigenvalue weighted by atomic mass is 10.1. The standard InChI is InChI=1S/C16H15NS.2C2H6/c1-11-7-6-8-12(2)15-14(11)17-16(18-15)13-9-4-3-5-10-13;2*1-2/h3-5,7-10H,6H2,1-2H3;2*1-2H3. The summed E-state index contributed by atoms with van der Waals surface area (Å²) < 4.78 is 0. The van der Waals surface area contributed by atoms with Crippen molar-refractivity contribution in [3.63, 3.8) is 0 Å². The van der Waals surface area contributed by atoms with Crippen molar-refractivity contribution in [3.05, 3.63) is 53.1 Å². The van der Waals surface area contributed by atoms with Gasteiger partial charge < -0.3 is 0 Å². The van der Waals surface area contributed by atoms with Crippen molar-refractivity contribution in [2.75, 3.05) is 0 Å². The fraction of sp³-hybridized carbons (Fsp3) is 0.350. The molecular weight excluding hydrogens is 286 g/mol. The number of hydrogen-bond acceptors (Lipinski definition) is 2. The molecule has 0 fully saturated rings. The van der Waals surface area contributed by atoms with Gasteiger partial charge in [-0.2, -0.15) is 0 Å². The van der Waals surface area contributed by atoms with E-state index in [1.165, 1.54) is 21.6 Å². The van der Waals surface area contributed by atoms with Gasteiger partial charge in [-0.05, 0) is 31.4 Å². The lowest BCUT2D eigenvalue weighted by molar-refractivity contribution is 1.32. The molecule has 1 heterocycles. The van der Waals surface area contributed by atoms with E-state index in [0.29, 0.717) is 0 Å². The third-order valence-electron chi connectivity index (χ3n) is 3.23. The van der Waals surface area contributed by atoms with Gasteiger partial charge in [0.25, 0.3) is 0 Å². The van der Waals surface area contributed by atoms with E-state index in [4.69, 9.17) is 4.98 Å². The van der Waals surface area contributed by atoms with Gasteiger partial charge in [0, 0.05) is 5.56 Å². The molecule has 0 unspecified atom stereocenters. The fourth-order valence-corrected chi connectivity index (χ4v) is 3.29. The van der Waals surface area contributed by atoms with E-state index in [2.05, 4.69) is 50.3 Å². The summed E-state index contributed by atoms with van der Waals surface area (Å²) in [4.78, 5) is 6.14. The van der Waals surface area contributed by atoms with E-state index in [1.807, 2.05) is 33.8 Å². The van der Waals surface area contributed by atoms with Gasteiger partial charge in [-0.3, -0.25) is 0 Å². The Kier molecular flexibility index (Phi) is 7.83. The van der Waals surface area contributed by atoms with Crippen LogP contribution in [-0.4, -0.2) is 4.98 Å². The number of rotatable bonds is 1. The fourth-order valence-electron chi connectivity index (χ4n) is 2.16. The van der Waals surface area contributed by atoms with Gasteiger partial charge in [0.2, 0.25) is 0 Å². The molecule has 0 atom stereocenters.